The highest BCUT2D eigenvalue weighted by Crippen LogP contribution is 2.29. The molecule has 1 unspecified atom stereocenters. The quantitative estimate of drug-likeness (QED) is 0.848. The Morgan fingerprint density at radius 3 is 2.21 bits per heavy atom. The summed E-state index contributed by atoms with van der Waals surface area (Å²) in [6.07, 6.45) is 0.321. The summed E-state index contributed by atoms with van der Waals surface area (Å²) in [6, 6.07) is 13.0. The van der Waals surface area contributed by atoms with E-state index in [1.54, 1.807) is 21.3 Å². The molecule has 2 aromatic rings. The van der Waals surface area contributed by atoms with Crippen molar-refractivity contribution in [2.45, 2.75) is 19.4 Å². The Labute approximate surface area is 142 Å². The van der Waals surface area contributed by atoms with Gasteiger partial charge in [-0.25, -0.2) is 0 Å². The van der Waals surface area contributed by atoms with Gasteiger partial charge in [0, 0.05) is 0 Å². The van der Waals surface area contributed by atoms with Gasteiger partial charge in [0.25, 0.3) is 0 Å². The van der Waals surface area contributed by atoms with Crippen molar-refractivity contribution in [3.05, 3.63) is 53.6 Å². The van der Waals surface area contributed by atoms with Crippen LogP contribution >= 0.6 is 0 Å². The second-order valence-corrected chi connectivity index (χ2v) is 5.43. The maximum Gasteiger partial charge on any atom is 0.224 e. The summed E-state index contributed by atoms with van der Waals surface area (Å²) in [5, 5.41) is 3.00. The monoisotopic (exact) mass is 329 g/mol. The highest BCUT2D eigenvalue weighted by Gasteiger charge is 2.13. The predicted octanol–water partition coefficient (Wildman–Crippen LogP) is 3.13. The normalized spacial score (nSPS) is 11.5. The molecule has 0 bridgehead atoms. The molecule has 0 radical (unpaired) electrons. The minimum atomic E-state index is -0.129. The zero-order valence-corrected chi connectivity index (χ0v) is 14.5. The van der Waals surface area contributed by atoms with Gasteiger partial charge in [-0.05, 0) is 42.3 Å². The van der Waals surface area contributed by atoms with Gasteiger partial charge in [0.2, 0.25) is 5.91 Å². The summed E-state index contributed by atoms with van der Waals surface area (Å²) in [6.45, 7) is 1.94. The molecule has 0 saturated heterocycles. The van der Waals surface area contributed by atoms with Crippen LogP contribution < -0.4 is 19.5 Å². The first-order valence-corrected chi connectivity index (χ1v) is 7.71. The van der Waals surface area contributed by atoms with Crippen LogP contribution in [0.5, 0.6) is 17.2 Å². The summed E-state index contributed by atoms with van der Waals surface area (Å²) in [5.41, 5.74) is 1.89. The molecule has 5 nitrogen and oxygen atoms in total. The summed E-state index contributed by atoms with van der Waals surface area (Å²) in [4.78, 5) is 12.2. The van der Waals surface area contributed by atoms with Crippen LogP contribution in [0.15, 0.2) is 42.5 Å². The number of nitrogens with one attached hydrogen (secondary N) is 1. The van der Waals surface area contributed by atoms with Crippen molar-refractivity contribution in [2.24, 2.45) is 0 Å². The number of amides is 1. The van der Waals surface area contributed by atoms with E-state index in [9.17, 15) is 4.79 Å². The van der Waals surface area contributed by atoms with E-state index in [2.05, 4.69) is 5.32 Å². The smallest absolute Gasteiger partial charge is 0.224 e. The molecule has 128 valence electrons. The highest BCUT2D eigenvalue weighted by molar-refractivity contribution is 5.79. The minimum absolute atomic E-state index is 0.0394. The van der Waals surface area contributed by atoms with E-state index < -0.39 is 0 Å². The molecule has 0 saturated carbocycles. The fourth-order valence-electron chi connectivity index (χ4n) is 2.43. The van der Waals surface area contributed by atoms with Crippen LogP contribution in [-0.4, -0.2) is 27.2 Å². The van der Waals surface area contributed by atoms with E-state index in [1.165, 1.54) is 0 Å². The van der Waals surface area contributed by atoms with Gasteiger partial charge in [-0.15, -0.1) is 0 Å². The van der Waals surface area contributed by atoms with Crippen molar-refractivity contribution >= 4 is 5.91 Å². The fraction of sp³-hybridized carbons (Fsp3) is 0.316. The van der Waals surface area contributed by atoms with Gasteiger partial charge < -0.3 is 19.5 Å². The van der Waals surface area contributed by atoms with Crippen LogP contribution in [0.2, 0.25) is 0 Å². The molecule has 2 rings (SSSR count). The number of hydrogen-bond donors (Lipinski definition) is 1. The first-order valence-electron chi connectivity index (χ1n) is 7.71. The van der Waals surface area contributed by atoms with Gasteiger partial charge in [-0.1, -0.05) is 18.2 Å². The maximum atomic E-state index is 12.2. The average Bonchev–Trinajstić information content (AvgIpc) is 2.61. The van der Waals surface area contributed by atoms with Crippen LogP contribution in [0.3, 0.4) is 0 Å². The number of hydrogen-bond acceptors (Lipinski definition) is 4. The first kappa shape index (κ1) is 17.7. The largest absolute Gasteiger partial charge is 0.497 e. The highest BCUT2D eigenvalue weighted by atomic mass is 16.5. The van der Waals surface area contributed by atoms with E-state index in [-0.39, 0.29) is 11.9 Å². The molecule has 0 aromatic heterocycles. The number of carbonyl (C=O) groups is 1. The lowest BCUT2D eigenvalue weighted by Crippen LogP contribution is -2.28. The molecule has 2 aromatic carbocycles. The van der Waals surface area contributed by atoms with Crippen molar-refractivity contribution in [1.29, 1.82) is 0 Å². The second kappa shape index (κ2) is 8.24. The number of ether oxygens (including phenoxy) is 3. The van der Waals surface area contributed by atoms with Crippen LogP contribution in [0.4, 0.5) is 0 Å². The fourth-order valence-corrected chi connectivity index (χ4v) is 2.43. The Hall–Kier alpha value is -2.69. The molecule has 0 aliphatic heterocycles. The van der Waals surface area contributed by atoms with Crippen LogP contribution in [0.1, 0.15) is 24.1 Å². The summed E-state index contributed by atoms with van der Waals surface area (Å²) in [7, 11) is 4.80. The van der Waals surface area contributed by atoms with E-state index >= 15 is 0 Å². The van der Waals surface area contributed by atoms with E-state index in [0.717, 1.165) is 16.9 Å². The minimum Gasteiger partial charge on any atom is -0.497 e. The summed E-state index contributed by atoms with van der Waals surface area (Å²) in [5.74, 6) is 2.05. The molecule has 0 aliphatic carbocycles. The van der Waals surface area contributed by atoms with Crippen LogP contribution in [0.25, 0.3) is 0 Å². The lowest BCUT2D eigenvalue weighted by molar-refractivity contribution is -0.121. The van der Waals surface area contributed by atoms with Gasteiger partial charge in [0.1, 0.15) is 5.75 Å². The van der Waals surface area contributed by atoms with Gasteiger partial charge in [0.05, 0.1) is 33.8 Å². The van der Waals surface area contributed by atoms with Crippen molar-refractivity contribution in [2.75, 3.05) is 21.3 Å². The second-order valence-electron chi connectivity index (χ2n) is 5.43. The third kappa shape index (κ3) is 4.41. The lowest BCUT2D eigenvalue weighted by Gasteiger charge is -2.16. The summed E-state index contributed by atoms with van der Waals surface area (Å²) < 4.78 is 15.6. The first-order chi connectivity index (χ1) is 11.6. The van der Waals surface area contributed by atoms with Gasteiger partial charge >= 0.3 is 0 Å². The average molecular weight is 329 g/mol. The van der Waals surface area contributed by atoms with Crippen molar-refractivity contribution in [1.82, 2.24) is 5.32 Å². The number of carbonyl (C=O) groups excluding carboxylic acids is 1. The molecule has 5 heteroatoms. The molecule has 1 amide bonds. The Morgan fingerprint density at radius 1 is 0.958 bits per heavy atom. The van der Waals surface area contributed by atoms with E-state index in [4.69, 9.17) is 14.2 Å². The van der Waals surface area contributed by atoms with Crippen LogP contribution in [-0.2, 0) is 11.2 Å². The molecular formula is C19H23NO4. The zero-order valence-electron chi connectivity index (χ0n) is 14.5. The van der Waals surface area contributed by atoms with E-state index in [0.29, 0.717) is 17.9 Å². The Bertz CT molecular complexity index is 682. The third-order valence-corrected chi connectivity index (χ3v) is 3.81. The Balaban J connectivity index is 2.00. The van der Waals surface area contributed by atoms with Crippen LogP contribution in [0, 0.1) is 0 Å². The maximum absolute atomic E-state index is 12.2. The Kier molecular flexibility index (Phi) is 6.07. The molecule has 1 atom stereocenters. The molecule has 1 N–H and O–H groups in total. The van der Waals surface area contributed by atoms with Gasteiger partial charge in [-0.2, -0.15) is 0 Å². The van der Waals surface area contributed by atoms with Crippen molar-refractivity contribution in [3.8, 4) is 17.2 Å². The molecule has 0 fully saturated rings. The molecule has 0 heterocycles. The zero-order chi connectivity index (χ0) is 17.5. The van der Waals surface area contributed by atoms with Crippen molar-refractivity contribution < 1.29 is 19.0 Å². The lowest BCUT2D eigenvalue weighted by atomic mass is 10.1. The van der Waals surface area contributed by atoms with Gasteiger partial charge in [0.15, 0.2) is 11.5 Å². The third-order valence-electron chi connectivity index (χ3n) is 3.81. The molecular weight excluding hydrogens is 306 g/mol. The van der Waals surface area contributed by atoms with Crippen molar-refractivity contribution in [3.63, 3.8) is 0 Å². The standard InChI is InChI=1S/C19H23NO4/c1-13(15-7-10-17(23-3)18(12-15)24-4)20-19(21)11-14-5-8-16(22-2)9-6-14/h5-10,12-13H,11H2,1-4H3,(H,20,21). The predicted molar refractivity (Wildman–Crippen MR) is 92.8 cm³/mol. The Morgan fingerprint density at radius 2 is 1.62 bits per heavy atom. The number of rotatable bonds is 7. The SMILES string of the molecule is COc1ccc(CC(=O)NC(C)c2ccc(OC)c(OC)c2)cc1. The summed E-state index contributed by atoms with van der Waals surface area (Å²) >= 11 is 0. The number of benzene rings is 2. The molecule has 0 spiro atoms. The van der Waals surface area contributed by atoms with E-state index in [1.807, 2.05) is 49.4 Å². The molecule has 0 aliphatic rings. The number of methoxy groups -OCH3 is 3. The molecule has 24 heavy (non-hydrogen) atoms. The van der Waals surface area contributed by atoms with Gasteiger partial charge in [-0.3, -0.25) is 4.79 Å². The topological polar surface area (TPSA) is 56.8 Å².